The van der Waals surface area contributed by atoms with E-state index < -0.39 is 0 Å². The maximum atomic E-state index is 11.7. The summed E-state index contributed by atoms with van der Waals surface area (Å²) in [5.74, 6) is -0.326. The molecule has 0 radical (unpaired) electrons. The average molecular weight is 413 g/mol. The van der Waals surface area contributed by atoms with E-state index >= 15 is 0 Å². The number of carbonyl (C=O) groups is 2. The van der Waals surface area contributed by atoms with E-state index in [9.17, 15) is 9.59 Å². The van der Waals surface area contributed by atoms with Crippen LogP contribution in [0.5, 0.6) is 0 Å². The number of ether oxygens (including phenoxy) is 2. The normalized spacial score (nSPS) is 11.0. The molecule has 0 aliphatic carbocycles. The Kier molecular flexibility index (Phi) is 20.9. The lowest BCUT2D eigenvalue weighted by molar-refractivity contribution is -0.148. The number of hydrogen-bond acceptors (Lipinski definition) is 4. The van der Waals surface area contributed by atoms with Crippen molar-refractivity contribution >= 4 is 11.9 Å². The van der Waals surface area contributed by atoms with Crippen molar-refractivity contribution in [3.63, 3.8) is 0 Å². The summed E-state index contributed by atoms with van der Waals surface area (Å²) >= 11 is 0. The minimum Gasteiger partial charge on any atom is -0.466 e. The fraction of sp³-hybridized carbons (Fsp3) is 0.920. The van der Waals surface area contributed by atoms with Crippen molar-refractivity contribution in [1.29, 1.82) is 0 Å². The first-order valence-electron chi connectivity index (χ1n) is 12.4. The molecule has 0 aromatic rings. The molecule has 0 fully saturated rings. The van der Waals surface area contributed by atoms with Crippen LogP contribution in [0.2, 0.25) is 0 Å². The molecule has 4 nitrogen and oxygen atoms in total. The van der Waals surface area contributed by atoms with Gasteiger partial charge in [0.1, 0.15) is 0 Å². The molecule has 0 aromatic heterocycles. The highest BCUT2D eigenvalue weighted by atomic mass is 16.5. The summed E-state index contributed by atoms with van der Waals surface area (Å²) in [4.78, 5) is 23.0. The van der Waals surface area contributed by atoms with Crippen LogP contribution in [0.1, 0.15) is 136 Å². The number of carbonyl (C=O) groups excluding carboxylic acids is 2. The van der Waals surface area contributed by atoms with Crippen LogP contribution in [0.4, 0.5) is 0 Å². The summed E-state index contributed by atoms with van der Waals surface area (Å²) in [6.07, 6.45) is 20.6. The molecule has 172 valence electrons. The Morgan fingerprint density at radius 3 is 1.45 bits per heavy atom. The first kappa shape index (κ1) is 27.9. The summed E-state index contributed by atoms with van der Waals surface area (Å²) in [5.41, 5.74) is 0. The van der Waals surface area contributed by atoms with Crippen LogP contribution in [0.25, 0.3) is 0 Å². The predicted octanol–water partition coefficient (Wildman–Crippen LogP) is 7.52. The lowest BCUT2D eigenvalue weighted by Gasteiger charge is -2.07. The summed E-state index contributed by atoms with van der Waals surface area (Å²) in [5, 5.41) is 0. The molecule has 0 heterocycles. The number of esters is 2. The molecule has 0 rings (SSSR count). The van der Waals surface area contributed by atoms with Crippen LogP contribution in [0.15, 0.2) is 0 Å². The Bertz CT molecular complexity index is 379. The largest absolute Gasteiger partial charge is 0.466 e. The van der Waals surface area contributed by atoms with Crippen molar-refractivity contribution in [2.75, 3.05) is 6.61 Å². The van der Waals surface area contributed by atoms with Gasteiger partial charge in [-0.2, -0.15) is 0 Å². The number of unbranched alkanes of at least 4 members (excludes halogenated alkanes) is 14. The molecule has 4 heteroatoms. The molecule has 0 aliphatic rings. The van der Waals surface area contributed by atoms with E-state index in [0.29, 0.717) is 32.3 Å². The highest BCUT2D eigenvalue weighted by molar-refractivity contribution is 5.70. The molecule has 0 aromatic carbocycles. The summed E-state index contributed by atoms with van der Waals surface area (Å²) in [6, 6.07) is 0. The van der Waals surface area contributed by atoms with E-state index in [4.69, 9.17) is 9.47 Å². The molecular formula is C25H48O4. The molecule has 0 spiro atoms. The quantitative estimate of drug-likeness (QED) is 0.144. The van der Waals surface area contributed by atoms with Crippen molar-refractivity contribution in [2.45, 2.75) is 142 Å². The van der Waals surface area contributed by atoms with Crippen molar-refractivity contribution in [3.05, 3.63) is 0 Å². The van der Waals surface area contributed by atoms with Gasteiger partial charge in [0, 0.05) is 12.8 Å². The third-order valence-electron chi connectivity index (χ3n) is 5.14. The second kappa shape index (κ2) is 21.6. The average Bonchev–Trinajstić information content (AvgIpc) is 2.67. The Morgan fingerprint density at radius 1 is 0.586 bits per heavy atom. The maximum absolute atomic E-state index is 11.7. The van der Waals surface area contributed by atoms with Gasteiger partial charge < -0.3 is 9.47 Å². The van der Waals surface area contributed by atoms with E-state index in [1.165, 1.54) is 77.0 Å². The van der Waals surface area contributed by atoms with E-state index in [2.05, 4.69) is 6.92 Å². The van der Waals surface area contributed by atoms with Gasteiger partial charge in [0.05, 0.1) is 12.7 Å². The third kappa shape index (κ3) is 23.1. The van der Waals surface area contributed by atoms with Gasteiger partial charge in [-0.05, 0) is 33.1 Å². The predicted molar refractivity (Wildman–Crippen MR) is 121 cm³/mol. The Morgan fingerprint density at radius 2 is 1.00 bits per heavy atom. The fourth-order valence-corrected chi connectivity index (χ4v) is 3.42. The zero-order valence-corrected chi connectivity index (χ0v) is 19.6. The molecule has 0 aliphatic heterocycles. The maximum Gasteiger partial charge on any atom is 0.306 e. The minimum absolute atomic E-state index is 0.0717. The lowest BCUT2D eigenvalue weighted by Crippen LogP contribution is -2.11. The molecule has 29 heavy (non-hydrogen) atoms. The van der Waals surface area contributed by atoms with Gasteiger partial charge in [-0.25, -0.2) is 0 Å². The fourth-order valence-electron chi connectivity index (χ4n) is 3.42. The molecule has 0 amide bonds. The molecule has 0 saturated carbocycles. The van der Waals surface area contributed by atoms with E-state index in [0.717, 1.165) is 12.8 Å². The second-order valence-corrected chi connectivity index (χ2v) is 8.56. The minimum atomic E-state index is -0.184. The Labute approximate surface area is 180 Å². The monoisotopic (exact) mass is 412 g/mol. The van der Waals surface area contributed by atoms with Gasteiger partial charge >= 0.3 is 11.9 Å². The van der Waals surface area contributed by atoms with Crippen molar-refractivity contribution in [1.82, 2.24) is 0 Å². The molecule has 0 unspecified atom stereocenters. The van der Waals surface area contributed by atoms with Crippen molar-refractivity contribution < 1.29 is 19.1 Å². The van der Waals surface area contributed by atoms with Gasteiger partial charge in [-0.15, -0.1) is 0 Å². The SMILES string of the molecule is CCCCCCCCCCCCCCCCOC(=O)CCCCC(=O)OC(C)C. The highest BCUT2D eigenvalue weighted by Gasteiger charge is 2.07. The topological polar surface area (TPSA) is 52.6 Å². The van der Waals surface area contributed by atoms with Gasteiger partial charge in [-0.3, -0.25) is 9.59 Å². The molecule has 0 saturated heterocycles. The first-order chi connectivity index (χ1) is 14.1. The highest BCUT2D eigenvalue weighted by Crippen LogP contribution is 2.13. The Balaban J connectivity index is 3.22. The van der Waals surface area contributed by atoms with Crippen LogP contribution in [-0.2, 0) is 19.1 Å². The molecule has 0 bridgehead atoms. The standard InChI is InChI=1S/C25H48O4/c1-4-5-6-7-8-9-10-11-12-13-14-15-16-19-22-28-24(26)20-17-18-21-25(27)29-23(2)3/h23H,4-22H2,1-3H3. The molecule has 0 N–H and O–H groups in total. The van der Waals surface area contributed by atoms with Gasteiger partial charge in [-0.1, -0.05) is 90.4 Å². The van der Waals surface area contributed by atoms with E-state index in [-0.39, 0.29) is 18.0 Å². The van der Waals surface area contributed by atoms with Gasteiger partial charge in [0.2, 0.25) is 0 Å². The third-order valence-corrected chi connectivity index (χ3v) is 5.14. The molecule has 0 atom stereocenters. The zero-order valence-electron chi connectivity index (χ0n) is 19.6. The van der Waals surface area contributed by atoms with Crippen LogP contribution in [0, 0.1) is 0 Å². The molecular weight excluding hydrogens is 364 g/mol. The summed E-state index contributed by atoms with van der Waals surface area (Å²) in [7, 11) is 0. The van der Waals surface area contributed by atoms with E-state index in [1.807, 2.05) is 13.8 Å². The van der Waals surface area contributed by atoms with Crippen LogP contribution in [0.3, 0.4) is 0 Å². The van der Waals surface area contributed by atoms with Gasteiger partial charge in [0.15, 0.2) is 0 Å². The summed E-state index contributed by atoms with van der Waals surface area (Å²) in [6.45, 7) is 6.48. The van der Waals surface area contributed by atoms with Crippen LogP contribution < -0.4 is 0 Å². The van der Waals surface area contributed by atoms with Gasteiger partial charge in [0.25, 0.3) is 0 Å². The lowest BCUT2D eigenvalue weighted by atomic mass is 10.0. The van der Waals surface area contributed by atoms with E-state index in [1.54, 1.807) is 0 Å². The summed E-state index contributed by atoms with van der Waals surface area (Å²) < 4.78 is 10.3. The Hall–Kier alpha value is -1.06. The van der Waals surface area contributed by atoms with Crippen LogP contribution in [-0.4, -0.2) is 24.6 Å². The van der Waals surface area contributed by atoms with Crippen molar-refractivity contribution in [3.8, 4) is 0 Å². The smallest absolute Gasteiger partial charge is 0.306 e. The number of rotatable bonds is 21. The second-order valence-electron chi connectivity index (χ2n) is 8.56. The van der Waals surface area contributed by atoms with Crippen LogP contribution >= 0.6 is 0 Å². The zero-order chi connectivity index (χ0) is 21.6. The first-order valence-corrected chi connectivity index (χ1v) is 12.4. The van der Waals surface area contributed by atoms with Crippen molar-refractivity contribution in [2.24, 2.45) is 0 Å². The number of hydrogen-bond donors (Lipinski definition) is 0.